The molecule has 0 amide bonds. The highest BCUT2D eigenvalue weighted by atomic mass is 16.6. The van der Waals surface area contributed by atoms with E-state index in [2.05, 4.69) is 12.2 Å². The summed E-state index contributed by atoms with van der Waals surface area (Å²) in [5, 5.41) is 3.25. The van der Waals surface area contributed by atoms with Crippen molar-refractivity contribution in [2.24, 2.45) is 0 Å². The van der Waals surface area contributed by atoms with Crippen LogP contribution in [0.2, 0.25) is 0 Å². The van der Waals surface area contributed by atoms with Crippen molar-refractivity contribution in [2.45, 2.75) is 31.9 Å². The molecule has 2 rings (SSSR count). The lowest BCUT2D eigenvalue weighted by Gasteiger charge is -2.20. The molecule has 0 spiro atoms. The number of hydrogen-bond donors (Lipinski definition) is 1. The summed E-state index contributed by atoms with van der Waals surface area (Å²) in [5.41, 5.74) is 1.09. The van der Waals surface area contributed by atoms with Crippen molar-refractivity contribution in [1.29, 1.82) is 0 Å². The van der Waals surface area contributed by atoms with E-state index >= 15 is 0 Å². The first-order chi connectivity index (χ1) is 8.76. The van der Waals surface area contributed by atoms with Gasteiger partial charge in [-0.15, -0.1) is 0 Å². The van der Waals surface area contributed by atoms with Crippen molar-refractivity contribution < 1.29 is 14.3 Å². The molecule has 1 heterocycles. The molecule has 1 saturated heterocycles. The standard InChI is InChI=1S/C14H19NO3/c1-3-11(15-2)10-6-4-5-7-12(10)18-13-8-9-17-14(13)16/h4-7,11,13,15H,3,8-9H2,1-2H3. The van der Waals surface area contributed by atoms with E-state index in [0.29, 0.717) is 13.0 Å². The van der Waals surface area contributed by atoms with Crippen molar-refractivity contribution >= 4 is 5.97 Å². The zero-order chi connectivity index (χ0) is 13.0. The number of cyclic esters (lactones) is 1. The lowest BCUT2D eigenvalue weighted by Crippen LogP contribution is -2.24. The maximum Gasteiger partial charge on any atom is 0.347 e. The summed E-state index contributed by atoms with van der Waals surface area (Å²) in [6.07, 6.45) is 1.13. The number of carbonyl (C=O) groups is 1. The molecule has 2 atom stereocenters. The summed E-state index contributed by atoms with van der Waals surface area (Å²) in [6.45, 7) is 2.57. The molecular weight excluding hydrogens is 230 g/mol. The second-order valence-corrected chi connectivity index (χ2v) is 4.35. The third-order valence-electron chi connectivity index (χ3n) is 3.21. The Kier molecular flexibility index (Phi) is 4.20. The topological polar surface area (TPSA) is 47.6 Å². The smallest absolute Gasteiger partial charge is 0.347 e. The molecule has 0 aliphatic carbocycles. The molecule has 18 heavy (non-hydrogen) atoms. The van der Waals surface area contributed by atoms with Crippen LogP contribution in [-0.2, 0) is 9.53 Å². The van der Waals surface area contributed by atoms with Gasteiger partial charge in [0.2, 0.25) is 0 Å². The van der Waals surface area contributed by atoms with Crippen LogP contribution in [0.25, 0.3) is 0 Å². The number of hydrogen-bond acceptors (Lipinski definition) is 4. The molecule has 0 saturated carbocycles. The summed E-state index contributed by atoms with van der Waals surface area (Å²) < 4.78 is 10.7. The maximum absolute atomic E-state index is 11.4. The average molecular weight is 249 g/mol. The van der Waals surface area contributed by atoms with Crippen LogP contribution in [0.1, 0.15) is 31.4 Å². The van der Waals surface area contributed by atoms with Gasteiger partial charge in [0, 0.05) is 18.0 Å². The van der Waals surface area contributed by atoms with Crippen molar-refractivity contribution in [1.82, 2.24) is 5.32 Å². The number of esters is 1. The van der Waals surface area contributed by atoms with E-state index in [1.807, 2.05) is 31.3 Å². The number of nitrogens with one attached hydrogen (secondary N) is 1. The second-order valence-electron chi connectivity index (χ2n) is 4.35. The number of carbonyl (C=O) groups excluding carboxylic acids is 1. The second kappa shape index (κ2) is 5.87. The molecule has 0 bridgehead atoms. The zero-order valence-electron chi connectivity index (χ0n) is 10.8. The van der Waals surface area contributed by atoms with Crippen LogP contribution in [0.5, 0.6) is 5.75 Å². The molecule has 2 unspecified atom stereocenters. The fourth-order valence-electron chi connectivity index (χ4n) is 2.19. The van der Waals surface area contributed by atoms with Gasteiger partial charge in [0.25, 0.3) is 0 Å². The van der Waals surface area contributed by atoms with Gasteiger partial charge in [-0.1, -0.05) is 25.1 Å². The number of benzene rings is 1. The molecular formula is C14H19NO3. The maximum atomic E-state index is 11.4. The highest BCUT2D eigenvalue weighted by molar-refractivity contribution is 5.76. The van der Waals surface area contributed by atoms with Gasteiger partial charge in [0.1, 0.15) is 5.75 Å². The number of ether oxygens (including phenoxy) is 2. The van der Waals surface area contributed by atoms with Gasteiger partial charge in [0.05, 0.1) is 6.61 Å². The van der Waals surface area contributed by atoms with Gasteiger partial charge in [-0.2, -0.15) is 0 Å². The van der Waals surface area contributed by atoms with Crippen LogP contribution >= 0.6 is 0 Å². The highest BCUT2D eigenvalue weighted by Gasteiger charge is 2.29. The van der Waals surface area contributed by atoms with Gasteiger partial charge in [-0.05, 0) is 19.5 Å². The van der Waals surface area contributed by atoms with E-state index in [1.165, 1.54) is 0 Å². The van der Waals surface area contributed by atoms with Gasteiger partial charge in [-0.25, -0.2) is 4.79 Å². The molecule has 4 nitrogen and oxygen atoms in total. The number of rotatable bonds is 5. The fourth-order valence-corrected chi connectivity index (χ4v) is 2.19. The lowest BCUT2D eigenvalue weighted by atomic mass is 10.0. The molecule has 4 heteroatoms. The van der Waals surface area contributed by atoms with Gasteiger partial charge in [0.15, 0.2) is 6.10 Å². The predicted octanol–water partition coefficient (Wildman–Crippen LogP) is 2.05. The van der Waals surface area contributed by atoms with Crippen molar-refractivity contribution in [3.8, 4) is 5.75 Å². The van der Waals surface area contributed by atoms with Crippen molar-refractivity contribution in [3.05, 3.63) is 29.8 Å². The van der Waals surface area contributed by atoms with E-state index in [-0.39, 0.29) is 12.0 Å². The minimum atomic E-state index is -0.458. The largest absolute Gasteiger partial charge is 0.478 e. The molecule has 0 aromatic heterocycles. The van der Waals surface area contributed by atoms with Crippen LogP contribution in [0.4, 0.5) is 0 Å². The summed E-state index contributed by atoms with van der Waals surface area (Å²) in [5.74, 6) is 0.504. The Balaban J connectivity index is 2.19. The zero-order valence-corrected chi connectivity index (χ0v) is 10.8. The van der Waals surface area contributed by atoms with Crippen molar-refractivity contribution in [2.75, 3.05) is 13.7 Å². The van der Waals surface area contributed by atoms with Crippen LogP contribution in [0.15, 0.2) is 24.3 Å². The van der Waals surface area contributed by atoms with Crippen LogP contribution < -0.4 is 10.1 Å². The highest BCUT2D eigenvalue weighted by Crippen LogP contribution is 2.28. The first-order valence-electron chi connectivity index (χ1n) is 6.35. The van der Waals surface area contributed by atoms with E-state index in [1.54, 1.807) is 0 Å². The van der Waals surface area contributed by atoms with Crippen molar-refractivity contribution in [3.63, 3.8) is 0 Å². The Morgan fingerprint density at radius 2 is 2.28 bits per heavy atom. The summed E-state index contributed by atoms with van der Waals surface area (Å²) in [7, 11) is 1.93. The molecule has 1 aliphatic heterocycles. The predicted molar refractivity (Wildman–Crippen MR) is 68.5 cm³/mol. The van der Waals surface area contributed by atoms with E-state index in [4.69, 9.17) is 9.47 Å². The monoisotopic (exact) mass is 249 g/mol. The van der Waals surface area contributed by atoms with Gasteiger partial charge < -0.3 is 14.8 Å². The summed E-state index contributed by atoms with van der Waals surface area (Å²) >= 11 is 0. The van der Waals surface area contributed by atoms with Crippen LogP contribution in [-0.4, -0.2) is 25.7 Å². The minimum absolute atomic E-state index is 0.235. The fraction of sp³-hybridized carbons (Fsp3) is 0.500. The Bertz CT molecular complexity index is 415. The first-order valence-corrected chi connectivity index (χ1v) is 6.35. The molecule has 1 aromatic rings. The molecule has 0 radical (unpaired) electrons. The van der Waals surface area contributed by atoms with E-state index in [9.17, 15) is 4.79 Å². The first kappa shape index (κ1) is 12.9. The Morgan fingerprint density at radius 1 is 1.50 bits per heavy atom. The van der Waals surface area contributed by atoms with Gasteiger partial charge >= 0.3 is 5.97 Å². The Labute approximate surface area is 107 Å². The van der Waals surface area contributed by atoms with E-state index in [0.717, 1.165) is 17.7 Å². The third-order valence-corrected chi connectivity index (χ3v) is 3.21. The quantitative estimate of drug-likeness (QED) is 0.811. The average Bonchev–Trinajstić information content (AvgIpc) is 2.79. The molecule has 1 fully saturated rings. The molecule has 1 aliphatic rings. The van der Waals surface area contributed by atoms with E-state index < -0.39 is 6.10 Å². The molecule has 98 valence electrons. The SMILES string of the molecule is CCC(NC)c1ccccc1OC1CCOC1=O. The molecule has 1 aromatic carbocycles. The van der Waals surface area contributed by atoms with Gasteiger partial charge in [-0.3, -0.25) is 0 Å². The number of para-hydroxylation sites is 1. The lowest BCUT2D eigenvalue weighted by molar-refractivity contribution is -0.143. The minimum Gasteiger partial charge on any atom is -0.478 e. The van der Waals surface area contributed by atoms with Crippen LogP contribution in [0, 0.1) is 0 Å². The Hall–Kier alpha value is -1.55. The van der Waals surface area contributed by atoms with Crippen LogP contribution in [0.3, 0.4) is 0 Å². The normalized spacial score (nSPS) is 20.6. The third kappa shape index (κ3) is 2.64. The summed E-state index contributed by atoms with van der Waals surface area (Å²) in [6, 6.07) is 8.07. The summed E-state index contributed by atoms with van der Waals surface area (Å²) in [4.78, 5) is 11.4. The Morgan fingerprint density at radius 3 is 2.89 bits per heavy atom. The molecule has 1 N–H and O–H groups in total.